The van der Waals surface area contributed by atoms with Gasteiger partial charge < -0.3 is 9.84 Å². The number of aliphatic hydroxyl groups is 1. The van der Waals surface area contributed by atoms with Crippen molar-refractivity contribution in [1.82, 2.24) is 0 Å². The van der Waals surface area contributed by atoms with Gasteiger partial charge in [0.25, 0.3) is 0 Å². The van der Waals surface area contributed by atoms with Gasteiger partial charge in [0.15, 0.2) is 5.78 Å². The minimum atomic E-state index is -0.797. The number of carbonyl (C=O) groups is 2. The van der Waals surface area contributed by atoms with Gasteiger partial charge >= 0.3 is 5.97 Å². The summed E-state index contributed by atoms with van der Waals surface area (Å²) in [5.41, 5.74) is 2.86. The summed E-state index contributed by atoms with van der Waals surface area (Å²) in [7, 11) is 0. The van der Waals surface area contributed by atoms with E-state index in [9.17, 15) is 14.7 Å². The second-order valence-corrected chi connectivity index (χ2v) is 9.15. The van der Waals surface area contributed by atoms with E-state index in [-0.39, 0.29) is 23.1 Å². The number of esters is 1. The van der Waals surface area contributed by atoms with Crippen molar-refractivity contribution in [3.8, 4) is 5.75 Å². The number of ketones is 1. The van der Waals surface area contributed by atoms with E-state index >= 15 is 0 Å². The molecule has 0 unspecified atom stereocenters. The molecule has 5 atom stereocenters. The van der Waals surface area contributed by atoms with Crippen molar-refractivity contribution in [2.24, 2.45) is 17.3 Å². The first-order valence-electron chi connectivity index (χ1n) is 10.6. The molecule has 2 saturated carbocycles. The van der Waals surface area contributed by atoms with Gasteiger partial charge in [0.05, 0.1) is 5.56 Å². The van der Waals surface area contributed by atoms with E-state index in [1.807, 2.05) is 30.3 Å². The van der Waals surface area contributed by atoms with Crippen molar-refractivity contribution in [3.05, 3.63) is 65.2 Å². The van der Waals surface area contributed by atoms with E-state index < -0.39 is 6.10 Å². The molecule has 150 valence electrons. The molecule has 2 aromatic carbocycles. The Morgan fingerprint density at radius 2 is 1.93 bits per heavy atom. The van der Waals surface area contributed by atoms with Crippen LogP contribution in [0.1, 0.15) is 60.0 Å². The number of hydrogen-bond donors (Lipinski definition) is 1. The SMILES string of the molecule is C[C@]12CC[C@@H]3c4ccc(OC(=O)c5ccccc5)cc4CC[C@@H]3[C@@H]1CC(=O)[C@@H]2O. The quantitative estimate of drug-likeness (QED) is 0.613. The highest BCUT2D eigenvalue weighted by atomic mass is 16.5. The third-order valence-electron chi connectivity index (χ3n) is 7.71. The summed E-state index contributed by atoms with van der Waals surface area (Å²) in [4.78, 5) is 24.6. The molecule has 0 spiro atoms. The van der Waals surface area contributed by atoms with Crippen LogP contribution in [0.25, 0.3) is 0 Å². The lowest BCUT2D eigenvalue weighted by Gasteiger charge is -2.49. The maximum Gasteiger partial charge on any atom is 0.343 e. The van der Waals surface area contributed by atoms with Crippen LogP contribution in [0.5, 0.6) is 5.75 Å². The summed E-state index contributed by atoms with van der Waals surface area (Å²) in [6.07, 6.45) is 3.54. The van der Waals surface area contributed by atoms with Crippen LogP contribution in [0.3, 0.4) is 0 Å². The summed E-state index contributed by atoms with van der Waals surface area (Å²) in [6, 6.07) is 15.0. The molecule has 5 rings (SSSR count). The zero-order valence-electron chi connectivity index (χ0n) is 16.6. The van der Waals surface area contributed by atoms with Crippen molar-refractivity contribution < 1.29 is 19.4 Å². The van der Waals surface area contributed by atoms with Crippen molar-refractivity contribution in [3.63, 3.8) is 0 Å². The van der Waals surface area contributed by atoms with E-state index in [1.54, 1.807) is 12.1 Å². The number of Topliss-reactive ketones (excluding diaryl/α,β-unsaturated/α-hetero) is 1. The lowest BCUT2D eigenvalue weighted by Crippen LogP contribution is -2.44. The Balaban J connectivity index is 1.38. The number of rotatable bonds is 2. The Labute approximate surface area is 170 Å². The summed E-state index contributed by atoms with van der Waals surface area (Å²) in [5, 5.41) is 10.5. The fourth-order valence-corrected chi connectivity index (χ4v) is 6.13. The Hall–Kier alpha value is -2.46. The zero-order chi connectivity index (χ0) is 20.2. The van der Waals surface area contributed by atoms with E-state index in [4.69, 9.17) is 4.74 Å². The number of benzene rings is 2. The lowest BCUT2D eigenvalue weighted by molar-refractivity contribution is -0.128. The van der Waals surface area contributed by atoms with Crippen molar-refractivity contribution in [2.75, 3.05) is 0 Å². The first kappa shape index (κ1) is 18.6. The molecule has 2 aromatic rings. The highest BCUT2D eigenvalue weighted by Gasteiger charge is 2.57. The number of fused-ring (bicyclic) bond motifs is 5. The second-order valence-electron chi connectivity index (χ2n) is 9.15. The molecule has 4 nitrogen and oxygen atoms in total. The highest BCUT2D eigenvalue weighted by molar-refractivity contribution is 5.91. The van der Waals surface area contributed by atoms with Gasteiger partial charge in [-0.2, -0.15) is 0 Å². The van der Waals surface area contributed by atoms with Crippen LogP contribution < -0.4 is 4.74 Å². The van der Waals surface area contributed by atoms with Gasteiger partial charge in [-0.1, -0.05) is 31.2 Å². The average Bonchev–Trinajstić information content (AvgIpc) is 2.98. The van der Waals surface area contributed by atoms with Crippen molar-refractivity contribution in [2.45, 2.75) is 51.0 Å². The van der Waals surface area contributed by atoms with Crippen LogP contribution in [0.4, 0.5) is 0 Å². The summed E-state index contributed by atoms with van der Waals surface area (Å²) >= 11 is 0. The molecule has 2 fully saturated rings. The Morgan fingerprint density at radius 1 is 1.14 bits per heavy atom. The van der Waals surface area contributed by atoms with Gasteiger partial charge in [-0.05, 0) is 78.8 Å². The molecule has 1 N–H and O–H groups in total. The molecule has 0 saturated heterocycles. The molecule has 3 aliphatic rings. The molecule has 0 heterocycles. The third kappa shape index (κ3) is 2.93. The van der Waals surface area contributed by atoms with Crippen LogP contribution in [0.15, 0.2) is 48.5 Å². The molecule has 0 bridgehead atoms. The average molecular weight is 390 g/mol. The maximum atomic E-state index is 12.4. The molecular weight excluding hydrogens is 364 g/mol. The van der Waals surface area contributed by atoms with E-state index in [0.717, 1.165) is 25.7 Å². The number of hydrogen-bond acceptors (Lipinski definition) is 4. The zero-order valence-corrected chi connectivity index (χ0v) is 16.6. The van der Waals surface area contributed by atoms with Gasteiger partial charge in [-0.25, -0.2) is 4.79 Å². The normalized spacial score (nSPS) is 32.8. The molecular formula is C25H26O4. The number of carbonyl (C=O) groups excluding carboxylic acids is 2. The third-order valence-corrected chi connectivity index (χ3v) is 7.71. The second kappa shape index (κ2) is 6.81. The van der Waals surface area contributed by atoms with Crippen molar-refractivity contribution >= 4 is 11.8 Å². The van der Waals surface area contributed by atoms with Gasteiger partial charge in [0.1, 0.15) is 11.9 Å². The summed E-state index contributed by atoms with van der Waals surface area (Å²) < 4.78 is 5.60. The number of ether oxygens (including phenoxy) is 1. The van der Waals surface area contributed by atoms with Crippen LogP contribution >= 0.6 is 0 Å². The summed E-state index contributed by atoms with van der Waals surface area (Å²) in [5.74, 6) is 1.41. The summed E-state index contributed by atoms with van der Waals surface area (Å²) in [6.45, 7) is 2.10. The van der Waals surface area contributed by atoms with E-state index in [2.05, 4.69) is 13.0 Å². The topological polar surface area (TPSA) is 63.6 Å². The van der Waals surface area contributed by atoms with Crippen molar-refractivity contribution in [1.29, 1.82) is 0 Å². The monoisotopic (exact) mass is 390 g/mol. The number of aliphatic hydroxyl groups excluding tert-OH is 1. The predicted octanol–water partition coefficient (Wildman–Crippen LogP) is 4.30. The smallest absolute Gasteiger partial charge is 0.343 e. The van der Waals surface area contributed by atoms with Gasteiger partial charge in [-0.15, -0.1) is 0 Å². The van der Waals surface area contributed by atoms with Gasteiger partial charge in [0, 0.05) is 11.8 Å². The van der Waals surface area contributed by atoms with E-state index in [0.29, 0.717) is 29.6 Å². The van der Waals surface area contributed by atoms with Crippen LogP contribution in [0.2, 0.25) is 0 Å². The number of aryl methyl sites for hydroxylation is 1. The predicted molar refractivity (Wildman–Crippen MR) is 109 cm³/mol. The molecule has 0 radical (unpaired) electrons. The molecule has 3 aliphatic carbocycles. The fourth-order valence-electron chi connectivity index (χ4n) is 6.13. The standard InChI is InChI=1S/C25H26O4/c1-25-12-11-19-18-10-8-17(29-24(28)15-5-3-2-4-6-15)13-16(18)7-9-20(19)21(25)14-22(26)23(25)27/h2-6,8,10,13,19-21,23,27H,7,9,11-12,14H2,1H3/t19-,20+,21+,23+,25+/m1/s1. The first-order valence-corrected chi connectivity index (χ1v) is 10.6. The molecule has 29 heavy (non-hydrogen) atoms. The van der Waals surface area contributed by atoms with Gasteiger partial charge in [-0.3, -0.25) is 4.79 Å². The fraction of sp³-hybridized carbons (Fsp3) is 0.440. The van der Waals surface area contributed by atoms with E-state index in [1.165, 1.54) is 11.1 Å². The maximum absolute atomic E-state index is 12.4. The largest absolute Gasteiger partial charge is 0.423 e. The first-order chi connectivity index (χ1) is 14.0. The molecule has 0 amide bonds. The lowest BCUT2D eigenvalue weighted by atomic mass is 9.55. The minimum Gasteiger partial charge on any atom is -0.423 e. The molecule has 0 aliphatic heterocycles. The highest BCUT2D eigenvalue weighted by Crippen LogP contribution is 2.60. The molecule has 4 heteroatoms. The van der Waals surface area contributed by atoms with Gasteiger partial charge in [0.2, 0.25) is 0 Å². The Bertz CT molecular complexity index is 966. The van der Waals surface area contributed by atoms with Crippen LogP contribution in [-0.4, -0.2) is 23.0 Å². The minimum absolute atomic E-state index is 0.0205. The Morgan fingerprint density at radius 3 is 2.72 bits per heavy atom. The van der Waals surface area contributed by atoms with Crippen LogP contribution in [-0.2, 0) is 11.2 Å². The molecule has 0 aromatic heterocycles. The Kier molecular flexibility index (Phi) is 4.36. The van der Waals surface area contributed by atoms with Crippen LogP contribution in [0, 0.1) is 17.3 Å².